The van der Waals surface area contributed by atoms with Gasteiger partial charge in [0.25, 0.3) is 0 Å². The van der Waals surface area contributed by atoms with Gasteiger partial charge in [-0.25, -0.2) is 0 Å². The monoisotopic (exact) mass is 283 g/mol. The van der Waals surface area contributed by atoms with Crippen LogP contribution in [0, 0.1) is 0 Å². The summed E-state index contributed by atoms with van der Waals surface area (Å²) in [6, 6.07) is 1.40. The van der Waals surface area contributed by atoms with Crippen LogP contribution in [0.1, 0.15) is 40.0 Å². The number of ether oxygens (including phenoxy) is 1. The van der Waals surface area contributed by atoms with Gasteiger partial charge in [0.1, 0.15) is 0 Å². The van der Waals surface area contributed by atoms with E-state index in [9.17, 15) is 0 Å². The second kappa shape index (κ2) is 8.32. The van der Waals surface area contributed by atoms with Crippen LogP contribution in [-0.4, -0.2) is 73.9 Å². The summed E-state index contributed by atoms with van der Waals surface area (Å²) >= 11 is 0. The van der Waals surface area contributed by atoms with E-state index in [2.05, 4.69) is 35.9 Å². The Morgan fingerprint density at radius 1 is 1.30 bits per heavy atom. The normalized spacial score (nSPS) is 26.6. The van der Waals surface area contributed by atoms with Gasteiger partial charge in [0, 0.05) is 31.7 Å². The number of piperidine rings is 1. The molecule has 0 spiro atoms. The zero-order valence-electron chi connectivity index (χ0n) is 13.6. The average Bonchev–Trinajstić information content (AvgIpc) is 2.48. The van der Waals surface area contributed by atoms with E-state index in [-0.39, 0.29) is 0 Å². The zero-order chi connectivity index (χ0) is 14.4. The van der Waals surface area contributed by atoms with E-state index in [4.69, 9.17) is 4.74 Å². The number of hydrogen-bond acceptors (Lipinski definition) is 4. The summed E-state index contributed by atoms with van der Waals surface area (Å²) in [6.45, 7) is 14.6. The van der Waals surface area contributed by atoms with Crippen molar-refractivity contribution in [2.45, 2.75) is 58.2 Å². The average molecular weight is 283 g/mol. The Labute approximate surface area is 124 Å². The maximum atomic E-state index is 6.03. The van der Waals surface area contributed by atoms with Crippen LogP contribution < -0.4 is 5.32 Å². The van der Waals surface area contributed by atoms with Crippen molar-refractivity contribution in [2.75, 3.05) is 45.9 Å². The molecule has 2 aliphatic heterocycles. The van der Waals surface area contributed by atoms with Crippen molar-refractivity contribution in [3.8, 4) is 0 Å². The lowest BCUT2D eigenvalue weighted by Crippen LogP contribution is -2.52. The highest BCUT2D eigenvalue weighted by atomic mass is 16.5. The molecule has 2 fully saturated rings. The maximum Gasteiger partial charge on any atom is 0.0829 e. The number of nitrogens with zero attached hydrogens (tertiary/aromatic N) is 2. The van der Waals surface area contributed by atoms with Crippen LogP contribution in [0.15, 0.2) is 0 Å². The SMILES string of the molecule is CCCN(CC1CN(C(C)C)CCO1)C1CCNCC1. The number of hydrogen-bond donors (Lipinski definition) is 1. The van der Waals surface area contributed by atoms with Crippen molar-refractivity contribution in [1.82, 2.24) is 15.1 Å². The summed E-state index contributed by atoms with van der Waals surface area (Å²) in [7, 11) is 0. The predicted molar refractivity (Wildman–Crippen MR) is 84.2 cm³/mol. The van der Waals surface area contributed by atoms with Crippen LogP contribution >= 0.6 is 0 Å². The lowest BCUT2D eigenvalue weighted by molar-refractivity contribution is -0.0583. The highest BCUT2D eigenvalue weighted by Gasteiger charge is 2.27. The summed E-state index contributed by atoms with van der Waals surface area (Å²) in [5.41, 5.74) is 0. The number of morpholine rings is 1. The lowest BCUT2D eigenvalue weighted by atomic mass is 10.0. The van der Waals surface area contributed by atoms with Crippen LogP contribution in [0.25, 0.3) is 0 Å². The van der Waals surface area contributed by atoms with Gasteiger partial charge in [0.2, 0.25) is 0 Å². The van der Waals surface area contributed by atoms with Gasteiger partial charge in [0.05, 0.1) is 12.7 Å². The Balaban J connectivity index is 1.86. The fourth-order valence-corrected chi connectivity index (χ4v) is 3.47. The van der Waals surface area contributed by atoms with Gasteiger partial charge in [-0.3, -0.25) is 9.80 Å². The van der Waals surface area contributed by atoms with E-state index in [0.29, 0.717) is 12.1 Å². The molecule has 0 aromatic carbocycles. The number of nitrogens with one attached hydrogen (secondary N) is 1. The number of rotatable bonds is 6. The highest BCUT2D eigenvalue weighted by molar-refractivity contribution is 4.82. The van der Waals surface area contributed by atoms with E-state index < -0.39 is 0 Å². The molecule has 2 saturated heterocycles. The van der Waals surface area contributed by atoms with Crippen LogP contribution in [-0.2, 0) is 4.74 Å². The Kier molecular flexibility index (Phi) is 6.75. The third-order valence-corrected chi connectivity index (χ3v) is 4.67. The van der Waals surface area contributed by atoms with E-state index in [1.165, 1.54) is 38.9 Å². The van der Waals surface area contributed by atoms with Crippen LogP contribution in [0.5, 0.6) is 0 Å². The summed E-state index contributed by atoms with van der Waals surface area (Å²) in [5.74, 6) is 0. The van der Waals surface area contributed by atoms with Gasteiger partial charge < -0.3 is 10.1 Å². The standard InChI is InChI=1S/C16H33N3O/c1-4-9-19(15-5-7-17-8-6-15)13-16-12-18(14(2)3)10-11-20-16/h14-17H,4-13H2,1-3H3. The van der Waals surface area contributed by atoms with Gasteiger partial charge in [-0.05, 0) is 52.7 Å². The Morgan fingerprint density at radius 2 is 2.05 bits per heavy atom. The second-order valence-corrected chi connectivity index (χ2v) is 6.56. The molecule has 0 aromatic rings. The molecule has 4 nitrogen and oxygen atoms in total. The minimum Gasteiger partial charge on any atom is -0.374 e. The summed E-state index contributed by atoms with van der Waals surface area (Å²) in [4.78, 5) is 5.25. The molecule has 2 heterocycles. The molecule has 0 aromatic heterocycles. The minimum absolute atomic E-state index is 0.396. The Hall–Kier alpha value is -0.160. The van der Waals surface area contributed by atoms with E-state index in [1.807, 2.05) is 0 Å². The highest BCUT2D eigenvalue weighted by Crippen LogP contribution is 2.16. The van der Waals surface area contributed by atoms with Crippen molar-refractivity contribution < 1.29 is 4.74 Å². The molecule has 2 rings (SSSR count). The second-order valence-electron chi connectivity index (χ2n) is 6.56. The van der Waals surface area contributed by atoms with E-state index in [1.54, 1.807) is 0 Å². The van der Waals surface area contributed by atoms with Gasteiger partial charge in [0.15, 0.2) is 0 Å². The quantitative estimate of drug-likeness (QED) is 0.801. The molecule has 2 aliphatic rings. The first-order valence-electron chi connectivity index (χ1n) is 8.51. The van der Waals surface area contributed by atoms with Gasteiger partial charge in [-0.1, -0.05) is 6.92 Å². The van der Waals surface area contributed by atoms with Gasteiger partial charge in [-0.15, -0.1) is 0 Å². The van der Waals surface area contributed by atoms with Crippen LogP contribution in [0.2, 0.25) is 0 Å². The van der Waals surface area contributed by atoms with E-state index >= 15 is 0 Å². The van der Waals surface area contributed by atoms with Gasteiger partial charge in [-0.2, -0.15) is 0 Å². The first kappa shape index (κ1) is 16.2. The predicted octanol–water partition coefficient (Wildman–Crippen LogP) is 1.56. The smallest absolute Gasteiger partial charge is 0.0829 e. The maximum absolute atomic E-state index is 6.03. The molecule has 4 heteroatoms. The summed E-state index contributed by atoms with van der Waals surface area (Å²) in [5, 5.41) is 3.47. The first-order chi connectivity index (χ1) is 9.70. The van der Waals surface area contributed by atoms with Crippen molar-refractivity contribution >= 4 is 0 Å². The third-order valence-electron chi connectivity index (χ3n) is 4.67. The third kappa shape index (κ3) is 4.69. The van der Waals surface area contributed by atoms with Crippen molar-refractivity contribution in [1.29, 1.82) is 0 Å². The molecule has 20 heavy (non-hydrogen) atoms. The van der Waals surface area contributed by atoms with Crippen LogP contribution in [0.3, 0.4) is 0 Å². The van der Waals surface area contributed by atoms with Crippen molar-refractivity contribution in [3.05, 3.63) is 0 Å². The Bertz CT molecular complexity index is 266. The van der Waals surface area contributed by atoms with Crippen LogP contribution in [0.4, 0.5) is 0 Å². The molecule has 1 atom stereocenters. The first-order valence-corrected chi connectivity index (χ1v) is 8.51. The molecule has 118 valence electrons. The molecule has 0 bridgehead atoms. The summed E-state index contributed by atoms with van der Waals surface area (Å²) in [6.07, 6.45) is 4.22. The zero-order valence-corrected chi connectivity index (χ0v) is 13.6. The van der Waals surface area contributed by atoms with Gasteiger partial charge >= 0.3 is 0 Å². The molecular formula is C16H33N3O. The Morgan fingerprint density at radius 3 is 2.70 bits per heavy atom. The van der Waals surface area contributed by atoms with Crippen molar-refractivity contribution in [3.63, 3.8) is 0 Å². The molecule has 1 N–H and O–H groups in total. The molecular weight excluding hydrogens is 250 g/mol. The molecule has 0 saturated carbocycles. The minimum atomic E-state index is 0.396. The summed E-state index contributed by atoms with van der Waals surface area (Å²) < 4.78 is 6.03. The lowest BCUT2D eigenvalue weighted by Gasteiger charge is -2.40. The molecule has 0 aliphatic carbocycles. The van der Waals surface area contributed by atoms with Crippen molar-refractivity contribution in [2.24, 2.45) is 0 Å². The molecule has 0 radical (unpaired) electrons. The topological polar surface area (TPSA) is 27.7 Å². The largest absolute Gasteiger partial charge is 0.374 e. The molecule has 1 unspecified atom stereocenters. The fraction of sp³-hybridized carbons (Fsp3) is 1.00. The fourth-order valence-electron chi connectivity index (χ4n) is 3.47. The van der Waals surface area contributed by atoms with E-state index in [0.717, 1.165) is 32.3 Å². The molecule has 0 amide bonds.